The average Bonchev–Trinajstić information content (AvgIpc) is 2.76. The number of hydrogen-bond donors (Lipinski definition) is 1. The van der Waals surface area contributed by atoms with Gasteiger partial charge in [-0.2, -0.15) is 11.8 Å². The molecule has 0 aliphatic carbocycles. The molecule has 1 aliphatic rings. The lowest BCUT2D eigenvalue weighted by Crippen LogP contribution is -2.37. The van der Waals surface area contributed by atoms with Crippen molar-refractivity contribution in [2.75, 3.05) is 32.3 Å². The molecule has 0 spiro atoms. The molecule has 1 fully saturated rings. The summed E-state index contributed by atoms with van der Waals surface area (Å²) in [6.07, 6.45) is 2.69. The maximum atomic E-state index is 11.2. The summed E-state index contributed by atoms with van der Waals surface area (Å²) in [5.41, 5.74) is 0. The lowest BCUT2D eigenvalue weighted by Gasteiger charge is -2.14. The third-order valence-electron chi connectivity index (χ3n) is 2.45. The zero-order chi connectivity index (χ0) is 11.1. The number of hydrogen-bond acceptors (Lipinski definition) is 5. The molecule has 2 unspecified atom stereocenters. The normalized spacial score (nSPS) is 22.7. The monoisotopic (exact) mass is 233 g/mol. The standard InChI is InChI=1S/C10H19NO3S/c1-11-9(10(12)13-2)7-15-6-8-4-3-5-14-8/h8-9,11H,3-7H2,1-2H3. The van der Waals surface area contributed by atoms with Gasteiger partial charge in [-0.1, -0.05) is 0 Å². The number of carbonyl (C=O) groups excluding carboxylic acids is 1. The molecule has 4 nitrogen and oxygen atoms in total. The lowest BCUT2D eigenvalue weighted by atomic mass is 10.3. The molecule has 0 aromatic heterocycles. The molecule has 0 radical (unpaired) electrons. The summed E-state index contributed by atoms with van der Waals surface area (Å²) in [5.74, 6) is 1.51. The molecule has 1 heterocycles. The Balaban J connectivity index is 2.13. The molecule has 0 amide bonds. The molecule has 0 aromatic carbocycles. The van der Waals surface area contributed by atoms with Crippen LogP contribution < -0.4 is 5.32 Å². The van der Waals surface area contributed by atoms with Crippen LogP contribution in [0.2, 0.25) is 0 Å². The molecule has 5 heteroatoms. The largest absolute Gasteiger partial charge is 0.468 e. The summed E-state index contributed by atoms with van der Waals surface area (Å²) >= 11 is 1.74. The molecule has 0 aromatic rings. The SMILES string of the molecule is CNC(CSCC1CCCO1)C(=O)OC. The van der Waals surface area contributed by atoms with E-state index in [0.717, 1.165) is 31.0 Å². The minimum Gasteiger partial charge on any atom is -0.468 e. The van der Waals surface area contributed by atoms with Crippen LogP contribution in [0.5, 0.6) is 0 Å². The number of rotatable bonds is 6. The Kier molecular flexibility index (Phi) is 6.05. The zero-order valence-corrected chi connectivity index (χ0v) is 10.1. The van der Waals surface area contributed by atoms with Crippen molar-refractivity contribution in [3.8, 4) is 0 Å². The Morgan fingerprint density at radius 2 is 2.53 bits per heavy atom. The van der Waals surface area contributed by atoms with Crippen LogP contribution in [0, 0.1) is 0 Å². The molecule has 1 saturated heterocycles. The van der Waals surface area contributed by atoms with Crippen LogP contribution in [0.4, 0.5) is 0 Å². The summed E-state index contributed by atoms with van der Waals surface area (Å²) in [5, 5.41) is 2.94. The first kappa shape index (κ1) is 12.8. The summed E-state index contributed by atoms with van der Waals surface area (Å²) in [4.78, 5) is 11.2. The summed E-state index contributed by atoms with van der Waals surface area (Å²) in [7, 11) is 3.19. The predicted octanol–water partition coefficient (Wildman–Crippen LogP) is 0.660. The first-order valence-electron chi connectivity index (χ1n) is 5.22. The van der Waals surface area contributed by atoms with Gasteiger partial charge in [-0.3, -0.25) is 4.79 Å². The zero-order valence-electron chi connectivity index (χ0n) is 9.32. The van der Waals surface area contributed by atoms with Crippen LogP contribution in [0.3, 0.4) is 0 Å². The fourth-order valence-electron chi connectivity index (χ4n) is 1.50. The molecule has 15 heavy (non-hydrogen) atoms. The Bertz CT molecular complexity index is 195. The van der Waals surface area contributed by atoms with Crippen LogP contribution in [0.1, 0.15) is 12.8 Å². The molecule has 0 bridgehead atoms. The van der Waals surface area contributed by atoms with Crippen molar-refractivity contribution in [2.24, 2.45) is 0 Å². The van der Waals surface area contributed by atoms with Gasteiger partial charge in [0, 0.05) is 18.1 Å². The van der Waals surface area contributed by atoms with E-state index in [9.17, 15) is 4.79 Å². The second-order valence-corrected chi connectivity index (χ2v) is 4.61. The van der Waals surface area contributed by atoms with E-state index in [4.69, 9.17) is 4.74 Å². The molecule has 0 saturated carbocycles. The Hall–Kier alpha value is -0.260. The Morgan fingerprint density at radius 1 is 1.73 bits per heavy atom. The predicted molar refractivity (Wildman–Crippen MR) is 61.2 cm³/mol. The molecule has 1 aliphatic heterocycles. The first-order chi connectivity index (χ1) is 7.27. The number of likely N-dealkylation sites (N-methyl/N-ethyl adjacent to an activating group) is 1. The van der Waals surface area contributed by atoms with E-state index >= 15 is 0 Å². The fourth-order valence-corrected chi connectivity index (χ4v) is 2.70. The third kappa shape index (κ3) is 4.40. The number of nitrogens with one attached hydrogen (secondary N) is 1. The first-order valence-corrected chi connectivity index (χ1v) is 6.38. The Morgan fingerprint density at radius 3 is 3.07 bits per heavy atom. The van der Waals surface area contributed by atoms with Gasteiger partial charge in [-0.25, -0.2) is 0 Å². The van der Waals surface area contributed by atoms with E-state index < -0.39 is 0 Å². The topological polar surface area (TPSA) is 47.6 Å². The van der Waals surface area contributed by atoms with Gasteiger partial charge in [0.2, 0.25) is 0 Å². The van der Waals surface area contributed by atoms with Gasteiger partial charge < -0.3 is 14.8 Å². The number of carbonyl (C=O) groups is 1. The van der Waals surface area contributed by atoms with Gasteiger partial charge in [-0.05, 0) is 19.9 Å². The van der Waals surface area contributed by atoms with Crippen molar-refractivity contribution < 1.29 is 14.3 Å². The van der Waals surface area contributed by atoms with Crippen LogP contribution in [-0.4, -0.2) is 50.4 Å². The maximum absolute atomic E-state index is 11.2. The second-order valence-electron chi connectivity index (χ2n) is 3.54. The average molecular weight is 233 g/mol. The van der Waals surface area contributed by atoms with E-state index in [-0.39, 0.29) is 12.0 Å². The number of thioether (sulfide) groups is 1. The van der Waals surface area contributed by atoms with Crippen LogP contribution >= 0.6 is 11.8 Å². The molecule has 88 valence electrons. The molecular formula is C10H19NO3S. The molecule has 2 atom stereocenters. The van der Waals surface area contributed by atoms with Crippen LogP contribution in [-0.2, 0) is 14.3 Å². The summed E-state index contributed by atoms with van der Waals surface area (Å²) in [6, 6.07) is -0.207. The van der Waals surface area contributed by atoms with E-state index in [2.05, 4.69) is 10.1 Å². The molecular weight excluding hydrogens is 214 g/mol. The van der Waals surface area contributed by atoms with Gasteiger partial charge in [0.1, 0.15) is 6.04 Å². The van der Waals surface area contributed by atoms with Crippen molar-refractivity contribution in [1.29, 1.82) is 0 Å². The van der Waals surface area contributed by atoms with E-state index in [1.165, 1.54) is 7.11 Å². The smallest absolute Gasteiger partial charge is 0.323 e. The van der Waals surface area contributed by atoms with Gasteiger partial charge >= 0.3 is 5.97 Å². The highest BCUT2D eigenvalue weighted by Crippen LogP contribution is 2.17. The Labute approximate surface area is 95.1 Å². The number of esters is 1. The highest BCUT2D eigenvalue weighted by Gasteiger charge is 2.19. The molecule has 1 N–H and O–H groups in total. The summed E-state index contributed by atoms with van der Waals surface area (Å²) < 4.78 is 10.2. The second kappa shape index (κ2) is 7.09. The fraction of sp³-hybridized carbons (Fsp3) is 0.900. The van der Waals surface area contributed by atoms with Crippen LogP contribution in [0.25, 0.3) is 0 Å². The van der Waals surface area contributed by atoms with E-state index in [1.54, 1.807) is 18.8 Å². The minimum atomic E-state index is -0.207. The number of methoxy groups -OCH3 is 1. The highest BCUT2D eigenvalue weighted by atomic mass is 32.2. The van der Waals surface area contributed by atoms with E-state index in [1.807, 2.05) is 0 Å². The van der Waals surface area contributed by atoms with Crippen molar-refractivity contribution in [3.63, 3.8) is 0 Å². The van der Waals surface area contributed by atoms with Crippen molar-refractivity contribution >= 4 is 17.7 Å². The van der Waals surface area contributed by atoms with Gasteiger partial charge in [-0.15, -0.1) is 0 Å². The maximum Gasteiger partial charge on any atom is 0.323 e. The van der Waals surface area contributed by atoms with Gasteiger partial charge in [0.05, 0.1) is 13.2 Å². The van der Waals surface area contributed by atoms with E-state index in [0.29, 0.717) is 6.10 Å². The van der Waals surface area contributed by atoms with Crippen LogP contribution in [0.15, 0.2) is 0 Å². The van der Waals surface area contributed by atoms with Gasteiger partial charge in [0.15, 0.2) is 0 Å². The highest BCUT2D eigenvalue weighted by molar-refractivity contribution is 7.99. The lowest BCUT2D eigenvalue weighted by molar-refractivity contribution is -0.142. The molecule has 1 rings (SSSR count). The van der Waals surface area contributed by atoms with Crippen molar-refractivity contribution in [2.45, 2.75) is 25.0 Å². The number of ether oxygens (including phenoxy) is 2. The van der Waals surface area contributed by atoms with Gasteiger partial charge in [0.25, 0.3) is 0 Å². The third-order valence-corrected chi connectivity index (χ3v) is 3.62. The quantitative estimate of drug-likeness (QED) is 0.683. The van der Waals surface area contributed by atoms with Crippen molar-refractivity contribution in [1.82, 2.24) is 5.32 Å². The minimum absolute atomic E-state index is 0.197. The summed E-state index contributed by atoms with van der Waals surface area (Å²) in [6.45, 7) is 0.887. The van der Waals surface area contributed by atoms with Crippen molar-refractivity contribution in [3.05, 3.63) is 0 Å².